The summed E-state index contributed by atoms with van der Waals surface area (Å²) in [7, 11) is 2.99. The Morgan fingerprint density at radius 3 is 2.40 bits per heavy atom. The summed E-state index contributed by atoms with van der Waals surface area (Å²) in [6.45, 7) is 0. The molecule has 0 nitrogen and oxygen atoms in total. The van der Waals surface area contributed by atoms with Crippen molar-refractivity contribution in [1.29, 1.82) is 0 Å². The molecule has 0 rings (SSSR count). The van der Waals surface area contributed by atoms with E-state index < -0.39 is 0 Å². The monoisotopic (exact) mass is 104 g/mol. The lowest BCUT2D eigenvalue weighted by Gasteiger charge is -1.69. The van der Waals surface area contributed by atoms with Crippen LogP contribution in [0.3, 0.4) is 0 Å². The van der Waals surface area contributed by atoms with E-state index in [0.29, 0.717) is 0 Å². The molecule has 0 aliphatic heterocycles. The Kier molecular flexibility index (Phi) is 4.48. The summed E-state index contributed by atoms with van der Waals surface area (Å²) >= 11 is 0. The quantitative estimate of drug-likeness (QED) is 0.366. The Morgan fingerprint density at radius 1 is 1.80 bits per heavy atom. The van der Waals surface area contributed by atoms with Gasteiger partial charge in [-0.3, -0.25) is 0 Å². The van der Waals surface area contributed by atoms with E-state index in [1.807, 2.05) is 6.26 Å². The molecule has 0 N–H and O–H groups in total. The predicted octanol–water partition coefficient (Wildman–Crippen LogP) is 1.59. The summed E-state index contributed by atoms with van der Waals surface area (Å²) in [6, 6.07) is 0. The van der Waals surface area contributed by atoms with E-state index in [-0.39, 0.29) is 0 Å². The van der Waals surface area contributed by atoms with E-state index in [0.717, 1.165) is 0 Å². The van der Waals surface area contributed by atoms with Crippen LogP contribution in [0.4, 0.5) is 0 Å². The zero-order valence-corrected chi connectivity index (χ0v) is 4.53. The van der Waals surface area contributed by atoms with Crippen LogP contribution in [0.25, 0.3) is 0 Å². The first kappa shape index (κ1) is 5.26. The molecule has 2 heteroatoms. The molecule has 0 unspecified atom stereocenters. The van der Waals surface area contributed by atoms with Crippen molar-refractivity contribution >= 4 is 21.6 Å². The normalized spacial score (nSPS) is 6.40. The van der Waals surface area contributed by atoms with Crippen LogP contribution in [-0.2, 0) is 0 Å². The zero-order valence-electron chi connectivity index (χ0n) is 2.89. The molecule has 0 aliphatic carbocycles. The third-order valence-corrected chi connectivity index (χ3v) is 1.18. The zero-order chi connectivity index (χ0) is 4.12. The van der Waals surface area contributed by atoms with Crippen molar-refractivity contribution in [3.63, 3.8) is 0 Å². The van der Waals surface area contributed by atoms with Gasteiger partial charge in [-0.25, -0.2) is 0 Å². The number of hydrogen-bond acceptors (Lipinski definition) is 2. The summed E-state index contributed by atoms with van der Waals surface area (Å²) < 4.78 is 0. The van der Waals surface area contributed by atoms with Gasteiger partial charge in [0.05, 0.1) is 0 Å². The molecule has 0 heterocycles. The van der Waals surface area contributed by atoms with Gasteiger partial charge >= 0.3 is 0 Å². The van der Waals surface area contributed by atoms with Crippen LogP contribution in [0.2, 0.25) is 0 Å². The second kappa shape index (κ2) is 4.26. The third kappa shape index (κ3) is 4.26. The van der Waals surface area contributed by atoms with Gasteiger partial charge in [0.2, 0.25) is 0 Å². The summed E-state index contributed by atoms with van der Waals surface area (Å²) in [5.41, 5.74) is 0. The molecule has 0 saturated carbocycles. The molecule has 0 aliphatic rings. The summed E-state index contributed by atoms with van der Waals surface area (Å²) in [4.78, 5) is 0. The van der Waals surface area contributed by atoms with E-state index in [9.17, 15) is 0 Å². The van der Waals surface area contributed by atoms with Crippen molar-refractivity contribution in [1.82, 2.24) is 0 Å². The largest absolute Gasteiger partial charge is 0.107 e. The molecule has 0 amide bonds. The fraction of sp³-hybridized carbons (Fsp3) is 0.333. The molecule has 0 fully saturated rings. The van der Waals surface area contributed by atoms with Gasteiger partial charge in [0.15, 0.2) is 0 Å². The van der Waals surface area contributed by atoms with Gasteiger partial charge in [0, 0.05) is 0 Å². The SMILES string of the molecule is C#CSSC. The van der Waals surface area contributed by atoms with Crippen LogP contribution in [0.5, 0.6) is 0 Å². The first-order valence-electron chi connectivity index (χ1n) is 1.07. The molecular weight excluding hydrogens is 100 g/mol. The predicted molar refractivity (Wildman–Crippen MR) is 29.9 cm³/mol. The van der Waals surface area contributed by atoms with Gasteiger partial charge in [-0.15, -0.1) is 6.42 Å². The molecule has 0 bridgehead atoms. The van der Waals surface area contributed by atoms with Crippen LogP contribution in [0, 0.1) is 11.7 Å². The molecule has 28 valence electrons. The van der Waals surface area contributed by atoms with Gasteiger partial charge in [-0.1, -0.05) is 10.8 Å². The molecule has 0 saturated heterocycles. The van der Waals surface area contributed by atoms with E-state index in [1.54, 1.807) is 10.8 Å². The molecule has 0 aromatic heterocycles. The average Bonchev–Trinajstić information content (AvgIpc) is 1.41. The smallest absolute Gasteiger partial charge is 0.00635 e. The van der Waals surface area contributed by atoms with E-state index >= 15 is 0 Å². The highest BCUT2D eigenvalue weighted by molar-refractivity contribution is 8.78. The van der Waals surface area contributed by atoms with E-state index in [4.69, 9.17) is 6.42 Å². The highest BCUT2D eigenvalue weighted by Gasteiger charge is 1.61. The molecular formula is C3H4S2. The summed E-state index contributed by atoms with van der Waals surface area (Å²) in [5.74, 6) is 0. The highest BCUT2D eigenvalue weighted by atomic mass is 33.1. The lowest BCUT2D eigenvalue weighted by molar-refractivity contribution is 2.54. The molecule has 5 heavy (non-hydrogen) atoms. The minimum absolute atomic E-state index is 1.41. The van der Waals surface area contributed by atoms with Crippen molar-refractivity contribution < 1.29 is 0 Å². The van der Waals surface area contributed by atoms with Crippen molar-refractivity contribution in [2.45, 2.75) is 0 Å². The maximum atomic E-state index is 4.83. The van der Waals surface area contributed by atoms with E-state index in [1.165, 1.54) is 10.8 Å². The number of terminal acetylenes is 1. The maximum absolute atomic E-state index is 4.83. The van der Waals surface area contributed by atoms with E-state index in [2.05, 4.69) is 5.25 Å². The molecule has 0 atom stereocenters. The fourth-order valence-corrected chi connectivity index (χ4v) is 0.433. The van der Waals surface area contributed by atoms with Crippen molar-refractivity contribution in [3.8, 4) is 11.7 Å². The van der Waals surface area contributed by atoms with Crippen LogP contribution >= 0.6 is 21.6 Å². The van der Waals surface area contributed by atoms with Crippen LogP contribution in [0.1, 0.15) is 0 Å². The van der Waals surface area contributed by atoms with Crippen molar-refractivity contribution in [3.05, 3.63) is 0 Å². The van der Waals surface area contributed by atoms with Crippen molar-refractivity contribution in [2.75, 3.05) is 6.26 Å². The second-order valence-electron chi connectivity index (χ2n) is 0.368. The Hall–Kier alpha value is 0.260. The number of rotatable bonds is 1. The minimum Gasteiger partial charge on any atom is -0.107 e. The van der Waals surface area contributed by atoms with Crippen molar-refractivity contribution in [2.24, 2.45) is 0 Å². The fourth-order valence-electron chi connectivity index (χ4n) is 0.0481. The highest BCUT2D eigenvalue weighted by Crippen LogP contribution is 2.12. The van der Waals surface area contributed by atoms with Gasteiger partial charge in [0.25, 0.3) is 0 Å². The topological polar surface area (TPSA) is 0 Å². The molecule has 0 aromatic rings. The van der Waals surface area contributed by atoms with Crippen LogP contribution in [-0.4, -0.2) is 6.26 Å². The lowest BCUT2D eigenvalue weighted by atomic mass is 11.4. The van der Waals surface area contributed by atoms with Gasteiger partial charge in [0.1, 0.15) is 0 Å². The molecule has 0 radical (unpaired) electrons. The first-order valence-corrected chi connectivity index (χ1v) is 3.63. The first-order chi connectivity index (χ1) is 2.41. The number of hydrogen-bond donors (Lipinski definition) is 0. The van der Waals surface area contributed by atoms with Crippen LogP contribution < -0.4 is 0 Å². The summed E-state index contributed by atoms with van der Waals surface area (Å²) in [6.07, 6.45) is 6.78. The Morgan fingerprint density at radius 2 is 2.40 bits per heavy atom. The van der Waals surface area contributed by atoms with Gasteiger partial charge < -0.3 is 0 Å². The Labute approximate surface area is 40.1 Å². The van der Waals surface area contributed by atoms with Crippen LogP contribution in [0.15, 0.2) is 0 Å². The minimum atomic E-state index is 1.41. The average molecular weight is 104 g/mol. The summed E-state index contributed by atoms with van der Waals surface area (Å²) in [5, 5.41) is 2.40. The Bertz CT molecular complexity index is 43.3. The maximum Gasteiger partial charge on any atom is -0.00635 e. The van der Waals surface area contributed by atoms with Gasteiger partial charge in [-0.05, 0) is 22.3 Å². The Balaban J connectivity index is 2.48. The van der Waals surface area contributed by atoms with Gasteiger partial charge in [-0.2, -0.15) is 0 Å². The third-order valence-electron chi connectivity index (χ3n) is 0.131. The molecule has 0 aromatic carbocycles. The lowest BCUT2D eigenvalue weighted by Crippen LogP contribution is -1.29. The second-order valence-corrected chi connectivity index (χ2v) is 2.60. The standard InChI is InChI=1S/C3H4S2/c1-3-5-4-2/h1H,2H3. The molecule has 0 spiro atoms.